The zero-order valence-corrected chi connectivity index (χ0v) is 17.7. The molecule has 0 fully saturated rings. The van der Waals surface area contributed by atoms with Crippen LogP contribution in [-0.2, 0) is 19.7 Å². The van der Waals surface area contributed by atoms with Crippen molar-refractivity contribution in [2.45, 2.75) is 48.0 Å². The molecule has 0 atom stereocenters. The van der Waals surface area contributed by atoms with Gasteiger partial charge in [0.15, 0.2) is 19.7 Å². The van der Waals surface area contributed by atoms with E-state index in [9.17, 15) is 26.9 Å². The van der Waals surface area contributed by atoms with Crippen LogP contribution < -0.4 is 5.73 Å². The van der Waals surface area contributed by atoms with Crippen molar-refractivity contribution in [2.75, 3.05) is 5.73 Å². The third-order valence-electron chi connectivity index (χ3n) is 3.84. The number of nitrogens with two attached hydrogens (primary N) is 1. The lowest BCUT2D eigenvalue weighted by Gasteiger charge is -2.09. The van der Waals surface area contributed by atoms with E-state index in [2.05, 4.69) is 0 Å². The van der Waals surface area contributed by atoms with Crippen LogP contribution in [0.25, 0.3) is 0 Å². The highest BCUT2D eigenvalue weighted by Crippen LogP contribution is 2.26. The minimum atomic E-state index is -3.59. The molecule has 0 spiro atoms. The fourth-order valence-corrected chi connectivity index (χ4v) is 4.48. The Labute approximate surface area is 165 Å². The van der Waals surface area contributed by atoms with Gasteiger partial charge in [0, 0.05) is 6.07 Å². The highest BCUT2D eigenvalue weighted by Gasteiger charge is 2.27. The Hall–Kier alpha value is -2.46. The van der Waals surface area contributed by atoms with Crippen LogP contribution in [0.1, 0.15) is 27.7 Å². The number of hydrogen-bond donors (Lipinski definition) is 1. The van der Waals surface area contributed by atoms with E-state index in [1.54, 1.807) is 32.0 Å². The molecule has 2 aromatic carbocycles. The lowest BCUT2D eigenvalue weighted by Crippen LogP contribution is -2.15. The normalized spacial score (nSPS) is 11.8. The van der Waals surface area contributed by atoms with Gasteiger partial charge in [-0.15, -0.1) is 0 Å². The van der Waals surface area contributed by atoms with Gasteiger partial charge in [0.2, 0.25) is 0 Å². The SMILES string of the molecule is CC(C)S(=O)(=O)c1ccccc1N.CC(C)S(=O)(=O)c1ccccc1[N+](=O)[O-]. The minimum absolute atomic E-state index is 0.218. The summed E-state index contributed by atoms with van der Waals surface area (Å²) in [5, 5.41) is 9.53. The molecular weight excluding hydrogens is 404 g/mol. The Bertz CT molecular complexity index is 1050. The van der Waals surface area contributed by atoms with E-state index in [0.29, 0.717) is 5.69 Å². The molecule has 10 heteroatoms. The number of nitro groups is 1. The van der Waals surface area contributed by atoms with Crippen LogP contribution in [0.2, 0.25) is 0 Å². The van der Waals surface area contributed by atoms with Crippen LogP contribution >= 0.6 is 0 Å². The Morgan fingerprint density at radius 2 is 1.18 bits per heavy atom. The first-order valence-corrected chi connectivity index (χ1v) is 11.5. The van der Waals surface area contributed by atoms with Crippen molar-refractivity contribution < 1.29 is 21.8 Å². The van der Waals surface area contributed by atoms with Gasteiger partial charge in [-0.2, -0.15) is 0 Å². The molecule has 0 saturated carbocycles. The Morgan fingerprint density at radius 1 is 0.786 bits per heavy atom. The fourth-order valence-electron chi connectivity index (χ4n) is 2.10. The maximum Gasteiger partial charge on any atom is 0.287 e. The second kappa shape index (κ2) is 9.16. The van der Waals surface area contributed by atoms with Gasteiger partial charge >= 0.3 is 0 Å². The maximum atomic E-state index is 11.8. The first-order valence-electron chi connectivity index (χ1n) is 8.39. The second-order valence-electron chi connectivity index (χ2n) is 6.45. The van der Waals surface area contributed by atoms with Crippen molar-refractivity contribution in [3.05, 3.63) is 58.6 Å². The summed E-state index contributed by atoms with van der Waals surface area (Å²) < 4.78 is 46.9. The van der Waals surface area contributed by atoms with Crippen molar-refractivity contribution in [3.8, 4) is 0 Å². The molecule has 28 heavy (non-hydrogen) atoms. The molecule has 0 amide bonds. The molecule has 0 saturated heterocycles. The second-order valence-corrected chi connectivity index (χ2v) is 11.4. The molecule has 0 aliphatic rings. The number of benzene rings is 2. The summed E-state index contributed by atoms with van der Waals surface area (Å²) in [6.45, 7) is 6.27. The van der Waals surface area contributed by atoms with E-state index in [4.69, 9.17) is 5.73 Å². The minimum Gasteiger partial charge on any atom is -0.398 e. The molecule has 8 nitrogen and oxygen atoms in total. The highest BCUT2D eigenvalue weighted by atomic mass is 32.2. The summed E-state index contributed by atoms with van der Waals surface area (Å²) in [5.74, 6) is 0. The molecular formula is C18H24N2O6S2. The largest absolute Gasteiger partial charge is 0.398 e. The van der Waals surface area contributed by atoms with Crippen molar-refractivity contribution in [2.24, 2.45) is 0 Å². The average molecular weight is 429 g/mol. The Kier molecular flexibility index (Phi) is 7.71. The molecule has 2 rings (SSSR count). The Morgan fingerprint density at radius 3 is 1.61 bits per heavy atom. The summed E-state index contributed by atoms with van der Waals surface area (Å²) >= 11 is 0. The molecule has 0 heterocycles. The van der Waals surface area contributed by atoms with Crippen LogP contribution in [0.5, 0.6) is 0 Å². The third-order valence-corrected chi connectivity index (χ3v) is 8.26. The number of nitro benzene ring substituents is 1. The zero-order valence-electron chi connectivity index (χ0n) is 16.1. The van der Waals surface area contributed by atoms with Gasteiger partial charge in [-0.3, -0.25) is 10.1 Å². The van der Waals surface area contributed by atoms with E-state index < -0.39 is 35.1 Å². The molecule has 0 unspecified atom stereocenters. The number of rotatable bonds is 5. The van der Waals surface area contributed by atoms with E-state index >= 15 is 0 Å². The van der Waals surface area contributed by atoms with Crippen LogP contribution in [0.15, 0.2) is 58.3 Å². The number of nitrogen functional groups attached to an aromatic ring is 1. The van der Waals surface area contributed by atoms with Crippen LogP contribution in [0.3, 0.4) is 0 Å². The van der Waals surface area contributed by atoms with E-state index in [0.717, 1.165) is 0 Å². The highest BCUT2D eigenvalue weighted by molar-refractivity contribution is 7.92. The molecule has 2 aromatic rings. The number of nitrogens with zero attached hydrogens (tertiary/aromatic N) is 1. The first-order chi connectivity index (χ1) is 12.8. The lowest BCUT2D eigenvalue weighted by molar-refractivity contribution is -0.387. The number of sulfone groups is 2. The summed E-state index contributed by atoms with van der Waals surface area (Å²) in [6, 6.07) is 11.9. The first kappa shape index (κ1) is 23.6. The van der Waals surface area contributed by atoms with E-state index in [-0.39, 0.29) is 15.5 Å². The molecule has 0 bridgehead atoms. The van der Waals surface area contributed by atoms with Crippen molar-refractivity contribution in [1.29, 1.82) is 0 Å². The molecule has 0 radical (unpaired) electrons. The fraction of sp³-hybridized carbons (Fsp3) is 0.333. The summed E-state index contributed by atoms with van der Waals surface area (Å²) in [4.78, 5) is 9.96. The molecule has 0 aromatic heterocycles. The van der Waals surface area contributed by atoms with Crippen molar-refractivity contribution >= 4 is 31.0 Å². The van der Waals surface area contributed by atoms with Gasteiger partial charge in [0.05, 0.1) is 26.0 Å². The number of para-hydroxylation sites is 2. The van der Waals surface area contributed by atoms with Gasteiger partial charge in [-0.25, -0.2) is 16.8 Å². The van der Waals surface area contributed by atoms with Gasteiger partial charge < -0.3 is 5.73 Å². The van der Waals surface area contributed by atoms with Crippen molar-refractivity contribution in [1.82, 2.24) is 0 Å². The van der Waals surface area contributed by atoms with Crippen LogP contribution in [-0.4, -0.2) is 32.3 Å². The summed E-state index contributed by atoms with van der Waals surface area (Å²) in [6.07, 6.45) is 0. The Balaban J connectivity index is 0.000000283. The van der Waals surface area contributed by atoms with E-state index in [1.807, 2.05) is 0 Å². The predicted octanol–water partition coefficient (Wildman–Crippen LogP) is 3.23. The number of hydrogen-bond acceptors (Lipinski definition) is 7. The summed E-state index contributed by atoms with van der Waals surface area (Å²) in [7, 11) is -6.83. The lowest BCUT2D eigenvalue weighted by atomic mass is 10.3. The molecule has 154 valence electrons. The van der Waals surface area contributed by atoms with Gasteiger partial charge in [-0.1, -0.05) is 24.3 Å². The van der Waals surface area contributed by atoms with Gasteiger partial charge in [-0.05, 0) is 45.9 Å². The van der Waals surface area contributed by atoms with Gasteiger partial charge in [0.25, 0.3) is 5.69 Å². The third kappa shape index (κ3) is 5.29. The maximum absolute atomic E-state index is 11.8. The van der Waals surface area contributed by atoms with Crippen LogP contribution in [0, 0.1) is 10.1 Å². The molecule has 2 N–H and O–H groups in total. The average Bonchev–Trinajstić information content (AvgIpc) is 2.62. The standard InChI is InChI=1S/C9H11NO4S.C9H13NO2S/c1-7(2)15(13,14)9-6-4-3-5-8(9)10(11)12;1-7(2)13(11,12)9-6-4-3-5-8(9)10/h3-7H,1-2H3;3-7H,10H2,1-2H3. The molecule has 0 aliphatic heterocycles. The number of anilines is 1. The quantitative estimate of drug-likeness (QED) is 0.438. The van der Waals surface area contributed by atoms with Gasteiger partial charge in [0.1, 0.15) is 4.90 Å². The van der Waals surface area contributed by atoms with Crippen LogP contribution in [0.4, 0.5) is 11.4 Å². The summed E-state index contributed by atoms with van der Waals surface area (Å²) in [5.41, 5.74) is 5.51. The van der Waals surface area contributed by atoms with Crippen molar-refractivity contribution in [3.63, 3.8) is 0 Å². The monoisotopic (exact) mass is 428 g/mol. The smallest absolute Gasteiger partial charge is 0.287 e. The van der Waals surface area contributed by atoms with E-state index in [1.165, 1.54) is 44.2 Å². The zero-order chi connectivity index (χ0) is 21.7. The topological polar surface area (TPSA) is 137 Å². The predicted molar refractivity (Wildman–Crippen MR) is 109 cm³/mol. The molecule has 0 aliphatic carbocycles.